The van der Waals surface area contributed by atoms with E-state index in [4.69, 9.17) is 0 Å². The summed E-state index contributed by atoms with van der Waals surface area (Å²) in [5.41, 5.74) is 11.5. The van der Waals surface area contributed by atoms with Gasteiger partial charge < -0.3 is 34.0 Å². The fourth-order valence-corrected chi connectivity index (χ4v) is 2.27. The summed E-state index contributed by atoms with van der Waals surface area (Å²) in [7, 11) is 0. The molecule has 0 saturated carbocycles. The molecule has 3 heteroatoms. The van der Waals surface area contributed by atoms with Crippen molar-refractivity contribution >= 4 is 0 Å². The van der Waals surface area contributed by atoms with Crippen LogP contribution in [0, 0.1) is 55.4 Å². The standard InChI is InChI=1S/2C9H13.2BrH.Ti/c2*1-6-5-7(2)9(4)8(6)3;;;/h2*5H,1-4H3;2*1H;/q2*-1;;;+4/p-2. The molecule has 2 rings (SSSR count). The Kier molecular flexibility index (Phi) is 13.8. The maximum Gasteiger partial charge on any atom is 4.00 e. The van der Waals surface area contributed by atoms with E-state index in [2.05, 4.69) is 67.5 Å². The Balaban J connectivity index is -0.000000270. The van der Waals surface area contributed by atoms with E-state index in [0.29, 0.717) is 0 Å². The van der Waals surface area contributed by atoms with Crippen molar-refractivity contribution in [2.75, 3.05) is 0 Å². The molecule has 0 aliphatic heterocycles. The molecule has 0 nitrogen and oxygen atoms in total. The molecule has 0 N–H and O–H groups in total. The molecule has 0 radical (unpaired) electrons. The number of hydrogen-bond acceptors (Lipinski definition) is 0. The second-order valence-corrected chi connectivity index (χ2v) is 5.52. The van der Waals surface area contributed by atoms with Gasteiger partial charge in [0.15, 0.2) is 0 Å². The third-order valence-electron chi connectivity index (χ3n) is 4.36. The van der Waals surface area contributed by atoms with Crippen molar-refractivity contribution in [1.29, 1.82) is 0 Å². The Hall–Kier alpha value is 0.374. The number of halogens is 2. The topological polar surface area (TPSA) is 0 Å². The molecule has 0 aliphatic rings. The summed E-state index contributed by atoms with van der Waals surface area (Å²) in [5, 5.41) is 0. The van der Waals surface area contributed by atoms with E-state index in [1.54, 1.807) is 0 Å². The monoisotopic (exact) mass is 448 g/mol. The fourth-order valence-electron chi connectivity index (χ4n) is 2.27. The number of rotatable bonds is 0. The zero-order chi connectivity index (χ0) is 14.0. The normalized spacial score (nSPS) is 8.76. The van der Waals surface area contributed by atoms with Crippen molar-refractivity contribution in [2.24, 2.45) is 0 Å². The van der Waals surface area contributed by atoms with Crippen LogP contribution in [0.1, 0.15) is 44.5 Å². The van der Waals surface area contributed by atoms with E-state index in [-0.39, 0.29) is 55.7 Å². The third-order valence-corrected chi connectivity index (χ3v) is 4.36. The van der Waals surface area contributed by atoms with E-state index < -0.39 is 0 Å². The summed E-state index contributed by atoms with van der Waals surface area (Å²) in [6, 6.07) is 4.48. The van der Waals surface area contributed by atoms with Gasteiger partial charge in [-0.15, -0.1) is 0 Å². The van der Waals surface area contributed by atoms with E-state index in [1.807, 2.05) is 0 Å². The van der Waals surface area contributed by atoms with Gasteiger partial charge >= 0.3 is 21.7 Å². The molecular weight excluding hydrogens is 424 g/mol. The summed E-state index contributed by atoms with van der Waals surface area (Å²) in [4.78, 5) is 0. The molecule has 0 amide bonds. The molecule has 0 aliphatic carbocycles. The Morgan fingerprint density at radius 3 is 0.905 bits per heavy atom. The molecule has 0 aromatic heterocycles. The average molecular weight is 450 g/mol. The second kappa shape index (κ2) is 11.0. The Morgan fingerprint density at radius 1 is 0.619 bits per heavy atom. The van der Waals surface area contributed by atoms with Gasteiger partial charge in [-0.05, 0) is 0 Å². The first kappa shape index (κ1) is 26.3. The Morgan fingerprint density at radius 2 is 0.857 bits per heavy atom. The van der Waals surface area contributed by atoms with Crippen LogP contribution < -0.4 is 34.0 Å². The fraction of sp³-hybridized carbons (Fsp3) is 0.444. The molecule has 0 heterocycles. The third kappa shape index (κ3) is 6.56. The van der Waals surface area contributed by atoms with Crippen LogP contribution >= 0.6 is 0 Å². The second-order valence-electron chi connectivity index (χ2n) is 5.52. The van der Waals surface area contributed by atoms with Crippen molar-refractivity contribution in [3.05, 3.63) is 56.6 Å². The minimum Gasteiger partial charge on any atom is -1.00 e. The van der Waals surface area contributed by atoms with Gasteiger partial charge in [-0.25, -0.2) is 0 Å². The van der Waals surface area contributed by atoms with E-state index >= 15 is 0 Å². The number of aryl methyl sites for hydroxylation is 4. The van der Waals surface area contributed by atoms with Crippen molar-refractivity contribution in [1.82, 2.24) is 0 Å². The van der Waals surface area contributed by atoms with Crippen LogP contribution in [0.15, 0.2) is 12.1 Å². The van der Waals surface area contributed by atoms with Gasteiger partial charge in [0.25, 0.3) is 0 Å². The Bertz CT molecular complexity index is 453. The maximum absolute atomic E-state index is 2.24. The summed E-state index contributed by atoms with van der Waals surface area (Å²) in [6.45, 7) is 17.4. The maximum atomic E-state index is 2.24. The first-order valence-corrected chi connectivity index (χ1v) is 6.65. The minimum atomic E-state index is 0. The van der Waals surface area contributed by atoms with Crippen molar-refractivity contribution in [3.63, 3.8) is 0 Å². The molecular formula is C18H26Br2Ti. The average Bonchev–Trinajstić information content (AvgIpc) is 2.66. The molecule has 0 fully saturated rings. The zero-order valence-corrected chi connectivity index (χ0v) is 19.1. The zero-order valence-electron chi connectivity index (χ0n) is 14.4. The molecule has 0 bridgehead atoms. The molecule has 0 saturated heterocycles. The van der Waals surface area contributed by atoms with Crippen molar-refractivity contribution in [2.45, 2.75) is 55.4 Å². The van der Waals surface area contributed by atoms with Gasteiger partial charge in [0.05, 0.1) is 0 Å². The Labute approximate surface area is 166 Å². The van der Waals surface area contributed by atoms with E-state index in [1.165, 1.54) is 44.5 Å². The SMILES string of the molecule is Cc1c[c-](C)c(C)c1C.Cc1c[c-](C)c(C)c1C.[Br-].[Br-].[Ti+4]. The van der Waals surface area contributed by atoms with Crippen LogP contribution in [0.5, 0.6) is 0 Å². The molecule has 2 aromatic rings. The van der Waals surface area contributed by atoms with Crippen LogP contribution in [0.25, 0.3) is 0 Å². The van der Waals surface area contributed by atoms with Crippen LogP contribution in [0.3, 0.4) is 0 Å². The predicted octanol–water partition coefficient (Wildman–Crippen LogP) is -0.716. The van der Waals surface area contributed by atoms with Crippen LogP contribution in [0.4, 0.5) is 0 Å². The van der Waals surface area contributed by atoms with Gasteiger partial charge in [-0.2, -0.15) is 56.6 Å². The van der Waals surface area contributed by atoms with Crippen molar-refractivity contribution < 1.29 is 55.7 Å². The van der Waals surface area contributed by atoms with E-state index in [0.717, 1.165) is 0 Å². The van der Waals surface area contributed by atoms with Gasteiger partial charge in [-0.3, -0.25) is 0 Å². The van der Waals surface area contributed by atoms with Gasteiger partial charge in [0, 0.05) is 0 Å². The molecule has 21 heavy (non-hydrogen) atoms. The predicted molar refractivity (Wildman–Crippen MR) is 82.0 cm³/mol. The first-order chi connectivity index (χ1) is 8.25. The van der Waals surface area contributed by atoms with Crippen molar-refractivity contribution in [3.8, 4) is 0 Å². The quantitative estimate of drug-likeness (QED) is 0.368. The van der Waals surface area contributed by atoms with Gasteiger partial charge in [-0.1, -0.05) is 55.4 Å². The summed E-state index contributed by atoms with van der Waals surface area (Å²) in [5.74, 6) is 0. The van der Waals surface area contributed by atoms with Crippen LogP contribution in [-0.4, -0.2) is 0 Å². The summed E-state index contributed by atoms with van der Waals surface area (Å²) in [6.07, 6.45) is 0. The van der Waals surface area contributed by atoms with E-state index in [9.17, 15) is 0 Å². The molecule has 2 aromatic carbocycles. The van der Waals surface area contributed by atoms with Gasteiger partial charge in [0.2, 0.25) is 0 Å². The van der Waals surface area contributed by atoms with Gasteiger partial charge in [0.1, 0.15) is 0 Å². The minimum absolute atomic E-state index is 0. The molecule has 0 spiro atoms. The molecule has 0 unspecified atom stereocenters. The first-order valence-electron chi connectivity index (χ1n) is 6.65. The van der Waals surface area contributed by atoms with Crippen LogP contribution in [0.2, 0.25) is 0 Å². The smallest absolute Gasteiger partial charge is 1.00 e. The number of hydrogen-bond donors (Lipinski definition) is 0. The van der Waals surface area contributed by atoms with Crippen LogP contribution in [-0.2, 0) is 21.7 Å². The molecule has 0 atom stereocenters. The largest absolute Gasteiger partial charge is 4.00 e. The summed E-state index contributed by atoms with van der Waals surface area (Å²) >= 11 is 0. The molecule has 116 valence electrons. The summed E-state index contributed by atoms with van der Waals surface area (Å²) < 4.78 is 0.